The predicted molar refractivity (Wildman–Crippen MR) is 129 cm³/mol. The van der Waals surface area contributed by atoms with Gasteiger partial charge in [-0.05, 0) is 49.7 Å². The molecule has 1 fully saturated rings. The molecule has 10 nitrogen and oxygen atoms in total. The second kappa shape index (κ2) is 9.52. The van der Waals surface area contributed by atoms with E-state index < -0.39 is 4.92 Å². The summed E-state index contributed by atoms with van der Waals surface area (Å²) in [5.74, 6) is -0.353. The van der Waals surface area contributed by atoms with Crippen molar-refractivity contribution in [3.8, 4) is 0 Å². The highest BCUT2D eigenvalue weighted by molar-refractivity contribution is 6.33. The Hall–Kier alpha value is -3.92. The van der Waals surface area contributed by atoms with Crippen molar-refractivity contribution < 1.29 is 14.5 Å². The molecule has 0 spiro atoms. The van der Waals surface area contributed by atoms with Crippen LogP contribution < -0.4 is 15.5 Å². The Balaban J connectivity index is 1.42. The molecule has 4 rings (SSSR count). The van der Waals surface area contributed by atoms with Crippen LogP contribution in [-0.4, -0.2) is 46.2 Å². The van der Waals surface area contributed by atoms with Crippen LogP contribution in [0.25, 0.3) is 0 Å². The number of halogens is 1. The van der Waals surface area contributed by atoms with Gasteiger partial charge in [0.25, 0.3) is 5.91 Å². The van der Waals surface area contributed by atoms with Gasteiger partial charge in [-0.25, -0.2) is 0 Å². The number of nitrogens with zero attached hydrogens (tertiary/aromatic N) is 4. The van der Waals surface area contributed by atoms with Crippen molar-refractivity contribution in [3.63, 3.8) is 0 Å². The Kier molecular flexibility index (Phi) is 6.51. The topological polar surface area (TPSA) is 122 Å². The van der Waals surface area contributed by atoms with Crippen molar-refractivity contribution in [2.45, 2.75) is 20.4 Å². The number of aryl methyl sites for hydroxylation is 1. The van der Waals surface area contributed by atoms with Crippen LogP contribution >= 0.6 is 11.6 Å². The van der Waals surface area contributed by atoms with E-state index in [9.17, 15) is 19.7 Å². The molecular weight excluding hydrogens is 460 g/mol. The van der Waals surface area contributed by atoms with Crippen LogP contribution in [0.3, 0.4) is 0 Å². The molecule has 1 aromatic heterocycles. The molecule has 0 aliphatic carbocycles. The molecule has 34 heavy (non-hydrogen) atoms. The predicted octanol–water partition coefficient (Wildman–Crippen LogP) is 3.30. The first-order chi connectivity index (χ1) is 16.2. The molecule has 0 unspecified atom stereocenters. The van der Waals surface area contributed by atoms with E-state index in [4.69, 9.17) is 11.6 Å². The Morgan fingerprint density at radius 3 is 2.59 bits per heavy atom. The van der Waals surface area contributed by atoms with Crippen molar-refractivity contribution >= 4 is 40.5 Å². The summed E-state index contributed by atoms with van der Waals surface area (Å²) in [5, 5.41) is 21.5. The van der Waals surface area contributed by atoms with E-state index in [0.717, 1.165) is 11.3 Å². The van der Waals surface area contributed by atoms with Gasteiger partial charge in [-0.1, -0.05) is 23.7 Å². The van der Waals surface area contributed by atoms with Gasteiger partial charge in [0.15, 0.2) is 0 Å². The fourth-order valence-corrected chi connectivity index (χ4v) is 4.23. The highest BCUT2D eigenvalue weighted by Crippen LogP contribution is 2.29. The van der Waals surface area contributed by atoms with Crippen LogP contribution in [0, 0.1) is 24.0 Å². The molecule has 2 amide bonds. The van der Waals surface area contributed by atoms with Gasteiger partial charge in [0, 0.05) is 24.3 Å². The fraction of sp³-hybridized carbons (Fsp3) is 0.261. The summed E-state index contributed by atoms with van der Waals surface area (Å²) in [6, 6.07) is 12.1. The number of aromatic nitrogens is 2. The van der Waals surface area contributed by atoms with Crippen molar-refractivity contribution in [2.75, 3.05) is 29.9 Å². The molecule has 1 aliphatic heterocycles. The average Bonchev–Trinajstić information content (AvgIpc) is 3.07. The monoisotopic (exact) mass is 482 g/mol. The molecule has 3 aromatic rings. The first-order valence-electron chi connectivity index (χ1n) is 10.6. The van der Waals surface area contributed by atoms with E-state index in [-0.39, 0.29) is 24.0 Å². The average molecular weight is 483 g/mol. The van der Waals surface area contributed by atoms with Crippen molar-refractivity contribution in [1.82, 2.24) is 15.1 Å². The lowest BCUT2D eigenvalue weighted by Gasteiger charge is -2.29. The van der Waals surface area contributed by atoms with Gasteiger partial charge in [0.05, 0.1) is 28.7 Å². The number of hydrogen-bond donors (Lipinski definition) is 2. The Morgan fingerprint density at radius 2 is 1.97 bits per heavy atom. The van der Waals surface area contributed by atoms with Gasteiger partial charge >= 0.3 is 5.69 Å². The smallest absolute Gasteiger partial charge is 0.312 e. The molecule has 2 aromatic carbocycles. The van der Waals surface area contributed by atoms with Gasteiger partial charge in [0.2, 0.25) is 5.91 Å². The van der Waals surface area contributed by atoms with E-state index in [1.807, 2.05) is 4.90 Å². The summed E-state index contributed by atoms with van der Waals surface area (Å²) in [4.78, 5) is 37.0. The number of nitrogens with one attached hydrogen (secondary N) is 2. The van der Waals surface area contributed by atoms with Crippen LogP contribution in [0.15, 0.2) is 42.5 Å². The molecule has 0 saturated carbocycles. The van der Waals surface area contributed by atoms with Crippen LogP contribution in [0.4, 0.5) is 17.1 Å². The maximum Gasteiger partial charge on any atom is 0.312 e. The third kappa shape index (κ3) is 4.86. The summed E-state index contributed by atoms with van der Waals surface area (Å²) in [5.41, 5.74) is 3.46. The molecule has 1 aliphatic rings. The second-order valence-corrected chi connectivity index (χ2v) is 8.43. The lowest BCUT2D eigenvalue weighted by Crippen LogP contribution is -2.47. The zero-order valence-corrected chi connectivity index (χ0v) is 19.4. The number of rotatable bonds is 6. The van der Waals surface area contributed by atoms with Crippen LogP contribution in [0.5, 0.6) is 0 Å². The van der Waals surface area contributed by atoms with Crippen molar-refractivity contribution in [2.24, 2.45) is 0 Å². The Labute approximate surface area is 200 Å². The molecule has 0 atom stereocenters. The number of anilines is 2. The molecular formula is C23H23ClN6O4. The van der Waals surface area contributed by atoms with Gasteiger partial charge < -0.3 is 15.5 Å². The van der Waals surface area contributed by atoms with E-state index >= 15 is 0 Å². The molecule has 11 heteroatoms. The highest BCUT2D eigenvalue weighted by atomic mass is 35.5. The number of benzene rings is 2. The number of hydrogen-bond acceptors (Lipinski definition) is 6. The molecule has 1 saturated heterocycles. The number of nitro groups is 1. The summed E-state index contributed by atoms with van der Waals surface area (Å²) in [6.45, 7) is 5.08. The van der Waals surface area contributed by atoms with E-state index in [1.165, 1.54) is 0 Å². The van der Waals surface area contributed by atoms with Gasteiger partial charge in [-0.15, -0.1) is 0 Å². The second-order valence-electron chi connectivity index (χ2n) is 8.02. The third-order valence-electron chi connectivity index (χ3n) is 5.66. The number of carbonyl (C=O) groups is 2. The number of carbonyl (C=O) groups excluding carboxylic acids is 2. The maximum atomic E-state index is 12.7. The lowest BCUT2D eigenvalue weighted by atomic mass is 10.1. The minimum atomic E-state index is -0.427. The van der Waals surface area contributed by atoms with Gasteiger partial charge in [-0.3, -0.25) is 24.4 Å². The zero-order valence-electron chi connectivity index (χ0n) is 18.7. The largest absolute Gasteiger partial charge is 0.359 e. The normalized spacial score (nSPS) is 13.5. The van der Waals surface area contributed by atoms with Crippen LogP contribution in [0.2, 0.25) is 5.02 Å². The highest BCUT2D eigenvalue weighted by Gasteiger charge is 2.22. The fourth-order valence-electron chi connectivity index (χ4n) is 3.93. The van der Waals surface area contributed by atoms with Crippen LogP contribution in [-0.2, 0) is 11.3 Å². The molecule has 2 N–H and O–H groups in total. The molecule has 0 bridgehead atoms. The lowest BCUT2D eigenvalue weighted by molar-refractivity contribution is -0.386. The standard InChI is InChI=1S/C23H23ClN6O4/c1-14-22(30(33)34)15(2)29(27-14)12-16-3-5-17(6-4-16)23(32)26-18-7-8-20(19(24)11-18)28-10-9-25-21(31)13-28/h3-8,11H,9-10,12-13H2,1-2H3,(H,25,31)(H,26,32). The SMILES string of the molecule is Cc1nn(Cc2ccc(C(=O)Nc3ccc(N4CCNC(=O)C4)c(Cl)c3)cc2)c(C)c1[N+](=O)[O-]. The van der Waals surface area contributed by atoms with E-state index in [2.05, 4.69) is 15.7 Å². The van der Waals surface area contributed by atoms with Gasteiger partial charge in [0.1, 0.15) is 11.4 Å². The number of piperazine rings is 1. The maximum absolute atomic E-state index is 12.7. The Morgan fingerprint density at radius 1 is 1.24 bits per heavy atom. The van der Waals surface area contributed by atoms with Crippen molar-refractivity contribution in [3.05, 3.63) is 80.1 Å². The minimum Gasteiger partial charge on any atom is -0.359 e. The first kappa shape index (κ1) is 23.2. The zero-order chi connectivity index (χ0) is 24.4. The summed E-state index contributed by atoms with van der Waals surface area (Å²) >= 11 is 6.41. The molecule has 176 valence electrons. The van der Waals surface area contributed by atoms with E-state index in [0.29, 0.717) is 47.3 Å². The summed E-state index contributed by atoms with van der Waals surface area (Å²) < 4.78 is 1.58. The summed E-state index contributed by atoms with van der Waals surface area (Å²) in [6.07, 6.45) is 0. The summed E-state index contributed by atoms with van der Waals surface area (Å²) in [7, 11) is 0. The van der Waals surface area contributed by atoms with E-state index in [1.54, 1.807) is 61.0 Å². The first-order valence-corrected chi connectivity index (χ1v) is 11.0. The molecule has 2 heterocycles. The van der Waals surface area contributed by atoms with Gasteiger partial charge in [-0.2, -0.15) is 5.10 Å². The quantitative estimate of drug-likeness (QED) is 0.410. The molecule has 0 radical (unpaired) electrons. The number of amides is 2. The third-order valence-corrected chi connectivity index (χ3v) is 5.96. The van der Waals surface area contributed by atoms with Crippen LogP contribution in [0.1, 0.15) is 27.3 Å². The minimum absolute atomic E-state index is 0.0178. The Bertz CT molecular complexity index is 1270. The van der Waals surface area contributed by atoms with Crippen molar-refractivity contribution in [1.29, 1.82) is 0 Å².